The number of aliphatic hydroxyl groups is 2. The molecule has 0 heterocycles. The zero-order chi connectivity index (χ0) is 41.2. The van der Waals surface area contributed by atoms with E-state index >= 15 is 0 Å². The van der Waals surface area contributed by atoms with Crippen LogP contribution in [0.2, 0.25) is 0 Å². The molecule has 0 aliphatic heterocycles. The molecule has 1 unspecified atom stereocenters. The lowest BCUT2D eigenvalue weighted by Gasteiger charge is -2.20. The number of hydrogen-bond donors (Lipinski definition) is 3. The molecule has 0 fully saturated rings. The fraction of sp³-hybridized carbons (Fsp3) is 0.733. The number of aliphatic hydroxyl groups excluding tert-OH is 2. The lowest BCUT2D eigenvalue weighted by Crippen LogP contribution is -2.29. The van der Waals surface area contributed by atoms with Gasteiger partial charge < -0.3 is 24.6 Å². The van der Waals surface area contributed by atoms with Crippen molar-refractivity contribution in [1.82, 2.24) is 0 Å². The van der Waals surface area contributed by atoms with Gasteiger partial charge in [-0.05, 0) is 77.0 Å². The van der Waals surface area contributed by atoms with Crippen molar-refractivity contribution in [3.05, 3.63) is 60.8 Å². The maximum absolute atomic E-state index is 12.6. The number of ether oxygens (including phenoxy) is 2. The fourth-order valence-corrected chi connectivity index (χ4v) is 6.30. The normalized spacial score (nSPS) is 14.4. The third-order valence-corrected chi connectivity index (χ3v) is 9.85. The summed E-state index contributed by atoms with van der Waals surface area (Å²) in [5, 5.41) is 18.3. The first-order valence-corrected chi connectivity index (χ1v) is 23.2. The van der Waals surface area contributed by atoms with Crippen LogP contribution in [0.25, 0.3) is 0 Å². The Hall–Kier alpha value is -2.33. The van der Waals surface area contributed by atoms with Crippen molar-refractivity contribution in [3.63, 3.8) is 0 Å². The third-order valence-electron chi connectivity index (χ3n) is 8.89. The van der Waals surface area contributed by atoms with E-state index in [1.54, 1.807) is 0 Å². The highest BCUT2D eigenvalue weighted by Crippen LogP contribution is 2.43. The number of hydrogen-bond acceptors (Lipinski definition) is 9. The van der Waals surface area contributed by atoms with Gasteiger partial charge in [-0.15, -0.1) is 0 Å². The second-order valence-electron chi connectivity index (χ2n) is 14.4. The molecule has 0 saturated heterocycles. The van der Waals surface area contributed by atoms with Crippen LogP contribution in [0, 0.1) is 0 Å². The van der Waals surface area contributed by atoms with E-state index in [1.165, 1.54) is 64.2 Å². The van der Waals surface area contributed by atoms with E-state index in [2.05, 4.69) is 67.0 Å². The third kappa shape index (κ3) is 39.9. The van der Waals surface area contributed by atoms with Crippen LogP contribution in [0.5, 0.6) is 0 Å². The molecular formula is C45H79O10P. The standard InChI is InChI=1S/C45H79O10P/c1-3-5-7-9-11-13-15-17-19-21-23-25-27-29-31-33-35-37-45(49)55-43(41-54-56(50,51)53-39-42(47)38-46)40-52-44(48)36-34-32-30-28-26-24-22-20-18-16-14-12-10-8-6-4-2/h11,13,17,19-20,22-23,25,29,31,42-43,46-47H,3-10,12,14-16,18,21,24,26-28,30,32-41H2,1-2H3,(H,50,51)/b13-11-,19-17-,22-20-,25-23-,31-29-/t42-,43+/m0/s1. The van der Waals surface area contributed by atoms with Crippen molar-refractivity contribution in [1.29, 1.82) is 0 Å². The topological polar surface area (TPSA) is 149 Å². The Kier molecular flexibility index (Phi) is 39.2. The van der Waals surface area contributed by atoms with E-state index in [1.807, 2.05) is 12.2 Å². The molecule has 3 atom stereocenters. The van der Waals surface area contributed by atoms with Gasteiger partial charge >= 0.3 is 19.8 Å². The Balaban J connectivity index is 4.42. The van der Waals surface area contributed by atoms with Gasteiger partial charge in [0.05, 0.1) is 19.8 Å². The zero-order valence-corrected chi connectivity index (χ0v) is 36.0. The van der Waals surface area contributed by atoms with Gasteiger partial charge in [-0.25, -0.2) is 4.57 Å². The van der Waals surface area contributed by atoms with E-state index in [0.717, 1.165) is 64.2 Å². The monoisotopic (exact) mass is 811 g/mol. The second kappa shape index (κ2) is 40.9. The molecule has 0 rings (SSSR count). The maximum atomic E-state index is 12.6. The van der Waals surface area contributed by atoms with Crippen LogP contribution >= 0.6 is 7.82 Å². The minimum atomic E-state index is -4.64. The van der Waals surface area contributed by atoms with Gasteiger partial charge in [-0.2, -0.15) is 0 Å². The molecular weight excluding hydrogens is 731 g/mol. The Morgan fingerprint density at radius 2 is 0.946 bits per heavy atom. The SMILES string of the molecule is CCCCC/C=C\C/C=C\C/C=C\C/C=C\CCCC(=O)O[C@H](COC(=O)CCCCCCC/C=C\CCCCCCCCC)COP(=O)(O)OC[C@@H](O)CO. The number of rotatable bonds is 40. The molecule has 0 saturated carbocycles. The highest BCUT2D eigenvalue weighted by Gasteiger charge is 2.27. The number of esters is 2. The summed E-state index contributed by atoms with van der Waals surface area (Å²) in [4.78, 5) is 35.0. The summed E-state index contributed by atoms with van der Waals surface area (Å²) in [6.45, 7) is 2.27. The molecule has 56 heavy (non-hydrogen) atoms. The molecule has 0 aliphatic carbocycles. The van der Waals surface area contributed by atoms with Crippen molar-refractivity contribution >= 4 is 19.8 Å². The van der Waals surface area contributed by atoms with Crippen LogP contribution in [-0.2, 0) is 32.7 Å². The fourth-order valence-electron chi connectivity index (χ4n) is 5.51. The summed E-state index contributed by atoms with van der Waals surface area (Å²) in [6, 6.07) is 0. The van der Waals surface area contributed by atoms with Crippen LogP contribution < -0.4 is 0 Å². The maximum Gasteiger partial charge on any atom is 0.472 e. The van der Waals surface area contributed by atoms with Crippen molar-refractivity contribution in [2.24, 2.45) is 0 Å². The highest BCUT2D eigenvalue weighted by molar-refractivity contribution is 7.47. The van der Waals surface area contributed by atoms with Gasteiger partial charge in [0.1, 0.15) is 12.7 Å². The Bertz CT molecular complexity index is 1120. The quantitative estimate of drug-likeness (QED) is 0.0236. The van der Waals surface area contributed by atoms with Gasteiger partial charge in [0.25, 0.3) is 0 Å². The summed E-state index contributed by atoms with van der Waals surface area (Å²) in [5.74, 6) is -1.00. The number of phosphoric ester groups is 1. The van der Waals surface area contributed by atoms with E-state index in [9.17, 15) is 24.2 Å². The number of carbonyl (C=O) groups excluding carboxylic acids is 2. The van der Waals surface area contributed by atoms with Gasteiger partial charge in [0.2, 0.25) is 0 Å². The highest BCUT2D eigenvalue weighted by atomic mass is 31.2. The van der Waals surface area contributed by atoms with Crippen molar-refractivity contribution in [3.8, 4) is 0 Å². The lowest BCUT2D eigenvalue weighted by atomic mass is 10.1. The average Bonchev–Trinajstić information content (AvgIpc) is 3.19. The first-order valence-electron chi connectivity index (χ1n) is 21.7. The van der Waals surface area contributed by atoms with Crippen LogP contribution in [0.15, 0.2) is 60.8 Å². The molecule has 0 bridgehead atoms. The second-order valence-corrected chi connectivity index (χ2v) is 15.8. The predicted molar refractivity (Wildman–Crippen MR) is 228 cm³/mol. The summed E-state index contributed by atoms with van der Waals surface area (Å²) >= 11 is 0. The van der Waals surface area contributed by atoms with Crippen LogP contribution in [-0.4, -0.2) is 65.7 Å². The average molecular weight is 811 g/mol. The zero-order valence-electron chi connectivity index (χ0n) is 35.1. The molecule has 0 aromatic rings. The van der Waals surface area contributed by atoms with Gasteiger partial charge in [0, 0.05) is 12.8 Å². The first kappa shape index (κ1) is 53.7. The van der Waals surface area contributed by atoms with Crippen molar-refractivity contribution in [2.45, 2.75) is 187 Å². The molecule has 0 radical (unpaired) electrons. The number of unbranched alkanes of at least 4 members (excludes halogenated alkanes) is 16. The number of phosphoric acid groups is 1. The lowest BCUT2D eigenvalue weighted by molar-refractivity contribution is -0.161. The number of carbonyl (C=O) groups is 2. The van der Waals surface area contributed by atoms with Crippen LogP contribution in [0.3, 0.4) is 0 Å². The molecule has 0 spiro atoms. The minimum Gasteiger partial charge on any atom is -0.462 e. The van der Waals surface area contributed by atoms with E-state index in [4.69, 9.17) is 19.1 Å². The predicted octanol–water partition coefficient (Wildman–Crippen LogP) is 11.5. The summed E-state index contributed by atoms with van der Waals surface area (Å²) in [6.07, 6.45) is 44.8. The van der Waals surface area contributed by atoms with Crippen molar-refractivity contribution < 1.29 is 47.8 Å². The van der Waals surface area contributed by atoms with Gasteiger partial charge in [-0.1, -0.05) is 145 Å². The number of allylic oxidation sites excluding steroid dienone is 10. The first-order chi connectivity index (χ1) is 27.2. The summed E-state index contributed by atoms with van der Waals surface area (Å²) in [5.41, 5.74) is 0. The molecule has 10 nitrogen and oxygen atoms in total. The van der Waals surface area contributed by atoms with Crippen LogP contribution in [0.1, 0.15) is 174 Å². The minimum absolute atomic E-state index is 0.105. The van der Waals surface area contributed by atoms with Gasteiger partial charge in [-0.3, -0.25) is 18.6 Å². The molecule has 3 N–H and O–H groups in total. The molecule has 0 aliphatic rings. The largest absolute Gasteiger partial charge is 0.472 e. The van der Waals surface area contributed by atoms with Gasteiger partial charge in [0.15, 0.2) is 6.10 Å². The Morgan fingerprint density at radius 3 is 1.50 bits per heavy atom. The molecule has 0 amide bonds. The van der Waals surface area contributed by atoms with E-state index < -0.39 is 51.8 Å². The Labute approximate surface area is 340 Å². The smallest absolute Gasteiger partial charge is 0.462 e. The Morgan fingerprint density at radius 1 is 0.536 bits per heavy atom. The summed E-state index contributed by atoms with van der Waals surface area (Å²) in [7, 11) is -4.64. The summed E-state index contributed by atoms with van der Waals surface area (Å²) < 4.78 is 32.6. The van der Waals surface area contributed by atoms with Crippen molar-refractivity contribution in [2.75, 3.05) is 26.4 Å². The van der Waals surface area contributed by atoms with E-state index in [0.29, 0.717) is 19.3 Å². The molecule has 0 aromatic carbocycles. The molecule has 11 heteroatoms. The molecule has 0 aromatic heterocycles. The van der Waals surface area contributed by atoms with E-state index in [-0.39, 0.29) is 19.4 Å². The molecule has 324 valence electrons. The van der Waals surface area contributed by atoms with Crippen LogP contribution in [0.4, 0.5) is 0 Å².